The molecule has 4 aliphatic heterocycles. The molecule has 2 aromatic rings. The fraction of sp³-hybridized carbons (Fsp3) is 0.391. The van der Waals surface area contributed by atoms with Gasteiger partial charge in [-0.2, -0.15) is 5.26 Å². The van der Waals surface area contributed by atoms with Crippen molar-refractivity contribution in [3.63, 3.8) is 0 Å². The number of carbonyl (C=O) groups excluding carboxylic acids is 1. The van der Waals surface area contributed by atoms with E-state index in [1.165, 1.54) is 0 Å². The van der Waals surface area contributed by atoms with E-state index in [1.807, 2.05) is 23.1 Å². The van der Waals surface area contributed by atoms with Crippen molar-refractivity contribution in [2.75, 3.05) is 31.3 Å². The van der Waals surface area contributed by atoms with Gasteiger partial charge in [0.15, 0.2) is 0 Å². The van der Waals surface area contributed by atoms with Crippen molar-refractivity contribution < 1.29 is 19.0 Å². The number of benzene rings is 2. The summed E-state index contributed by atoms with van der Waals surface area (Å²) in [5.74, 6) is 1.48. The summed E-state index contributed by atoms with van der Waals surface area (Å²) < 4.78 is 17.5. The van der Waals surface area contributed by atoms with Gasteiger partial charge in [-0.25, -0.2) is 0 Å². The lowest BCUT2D eigenvalue weighted by Gasteiger charge is -2.25. The van der Waals surface area contributed by atoms with Crippen molar-refractivity contribution in [3.8, 4) is 17.6 Å². The van der Waals surface area contributed by atoms with Crippen LogP contribution in [0.2, 0.25) is 0 Å². The molecule has 0 bridgehead atoms. The molecule has 1 unspecified atom stereocenters. The Labute approximate surface area is 168 Å². The summed E-state index contributed by atoms with van der Waals surface area (Å²) >= 11 is 0. The van der Waals surface area contributed by atoms with Gasteiger partial charge in [-0.05, 0) is 36.6 Å². The first kappa shape index (κ1) is 16.9. The zero-order chi connectivity index (χ0) is 19.6. The smallest absolute Gasteiger partial charge is 0.245 e. The fourth-order valence-electron chi connectivity index (χ4n) is 5.23. The Morgan fingerprint density at radius 1 is 1.21 bits per heavy atom. The van der Waals surface area contributed by atoms with Crippen molar-refractivity contribution in [2.24, 2.45) is 0 Å². The van der Waals surface area contributed by atoms with Crippen LogP contribution in [0.5, 0.6) is 11.5 Å². The first-order chi connectivity index (χ1) is 14.2. The van der Waals surface area contributed by atoms with Gasteiger partial charge < -0.3 is 19.1 Å². The predicted octanol–water partition coefficient (Wildman–Crippen LogP) is 2.70. The molecular weight excluding hydrogens is 368 g/mol. The van der Waals surface area contributed by atoms with E-state index in [0.717, 1.165) is 54.0 Å². The summed E-state index contributed by atoms with van der Waals surface area (Å²) in [5.41, 5.74) is 3.06. The van der Waals surface area contributed by atoms with Crippen LogP contribution in [0.4, 0.5) is 5.69 Å². The lowest BCUT2D eigenvalue weighted by Crippen LogP contribution is -2.45. The van der Waals surface area contributed by atoms with E-state index in [9.17, 15) is 10.1 Å². The summed E-state index contributed by atoms with van der Waals surface area (Å²) in [4.78, 5) is 15.8. The molecule has 2 aromatic carbocycles. The molecule has 1 spiro atoms. The van der Waals surface area contributed by atoms with Crippen LogP contribution in [0, 0.1) is 11.3 Å². The Bertz CT molecular complexity index is 1080. The molecule has 1 fully saturated rings. The normalized spacial score (nSPS) is 26.1. The molecule has 0 aromatic heterocycles. The summed E-state index contributed by atoms with van der Waals surface area (Å²) in [6.07, 6.45) is 2.81. The molecule has 6 nitrogen and oxygen atoms in total. The van der Waals surface area contributed by atoms with Crippen molar-refractivity contribution in [2.45, 2.75) is 30.8 Å². The van der Waals surface area contributed by atoms with Gasteiger partial charge in [0.05, 0.1) is 30.9 Å². The maximum atomic E-state index is 14.0. The minimum absolute atomic E-state index is 0.0247. The van der Waals surface area contributed by atoms with Gasteiger partial charge in [0.1, 0.15) is 23.5 Å². The minimum atomic E-state index is -0.979. The molecule has 2 atom stereocenters. The van der Waals surface area contributed by atoms with Crippen LogP contribution in [0.1, 0.15) is 35.1 Å². The Balaban J connectivity index is 1.55. The van der Waals surface area contributed by atoms with Gasteiger partial charge in [-0.3, -0.25) is 4.79 Å². The zero-order valence-electron chi connectivity index (χ0n) is 15.9. The zero-order valence-corrected chi connectivity index (χ0v) is 15.9. The SMILES string of the molecule is N#Cc1cccc2c1C1(COc3cc4c(cc31)CCO4)C(=O)N2C[C@H]1CCCO1. The average molecular weight is 388 g/mol. The summed E-state index contributed by atoms with van der Waals surface area (Å²) in [6.45, 7) is 2.09. The molecule has 4 aliphatic rings. The van der Waals surface area contributed by atoms with Crippen LogP contribution < -0.4 is 14.4 Å². The molecular formula is C23H20N2O4. The maximum Gasteiger partial charge on any atom is 0.245 e. The van der Waals surface area contributed by atoms with E-state index < -0.39 is 5.41 Å². The Morgan fingerprint density at radius 3 is 2.97 bits per heavy atom. The number of anilines is 1. The average Bonchev–Trinajstić information content (AvgIpc) is 3.51. The monoisotopic (exact) mass is 388 g/mol. The van der Waals surface area contributed by atoms with Gasteiger partial charge >= 0.3 is 0 Å². The van der Waals surface area contributed by atoms with Crippen LogP contribution in [-0.2, 0) is 21.4 Å². The van der Waals surface area contributed by atoms with Crippen LogP contribution >= 0.6 is 0 Å². The van der Waals surface area contributed by atoms with Crippen molar-refractivity contribution in [1.82, 2.24) is 0 Å². The van der Waals surface area contributed by atoms with E-state index in [4.69, 9.17) is 14.2 Å². The topological polar surface area (TPSA) is 71.8 Å². The molecule has 0 radical (unpaired) electrons. The second kappa shape index (κ2) is 5.98. The number of nitriles is 1. The number of hydrogen-bond acceptors (Lipinski definition) is 5. The number of carbonyl (C=O) groups is 1. The summed E-state index contributed by atoms with van der Waals surface area (Å²) in [6, 6.07) is 11.8. The van der Waals surface area contributed by atoms with Crippen LogP contribution in [0.15, 0.2) is 30.3 Å². The van der Waals surface area contributed by atoms with Crippen molar-refractivity contribution in [3.05, 3.63) is 52.6 Å². The van der Waals surface area contributed by atoms with Crippen molar-refractivity contribution in [1.29, 1.82) is 5.26 Å². The molecule has 0 saturated carbocycles. The van der Waals surface area contributed by atoms with E-state index in [1.54, 1.807) is 6.07 Å². The number of hydrogen-bond donors (Lipinski definition) is 0. The van der Waals surface area contributed by atoms with Gasteiger partial charge in [0.2, 0.25) is 5.91 Å². The lowest BCUT2D eigenvalue weighted by molar-refractivity contribution is -0.122. The highest BCUT2D eigenvalue weighted by Gasteiger charge is 2.58. The maximum absolute atomic E-state index is 14.0. The Kier molecular flexibility index (Phi) is 3.48. The molecule has 4 heterocycles. The van der Waals surface area contributed by atoms with Crippen LogP contribution in [0.3, 0.4) is 0 Å². The molecule has 1 saturated heterocycles. The van der Waals surface area contributed by atoms with Crippen molar-refractivity contribution >= 4 is 11.6 Å². The third kappa shape index (κ3) is 2.16. The van der Waals surface area contributed by atoms with Crippen LogP contribution in [0.25, 0.3) is 0 Å². The van der Waals surface area contributed by atoms with Gasteiger partial charge in [-0.15, -0.1) is 0 Å². The predicted molar refractivity (Wildman–Crippen MR) is 104 cm³/mol. The molecule has 146 valence electrons. The summed E-state index contributed by atoms with van der Waals surface area (Å²) in [5, 5.41) is 9.84. The largest absolute Gasteiger partial charge is 0.493 e. The van der Waals surface area contributed by atoms with Gasteiger partial charge in [0.25, 0.3) is 0 Å². The standard InChI is InChI=1S/C23H20N2O4/c24-11-15-3-1-5-18-21(15)23(22(26)25(18)12-16-4-2-7-27-16)13-29-20-10-19-14(6-8-28-19)9-17(20)23/h1,3,5,9-10,16H,2,4,6-8,12-13H2/t16-,23?/m1/s1. The fourth-order valence-corrected chi connectivity index (χ4v) is 5.23. The number of ether oxygens (including phenoxy) is 3. The van der Waals surface area contributed by atoms with Crippen LogP contribution in [-0.4, -0.2) is 38.4 Å². The Hall–Kier alpha value is -3.04. The number of nitrogens with zero attached hydrogens (tertiary/aromatic N) is 2. The number of amides is 1. The molecule has 6 rings (SSSR count). The van der Waals surface area contributed by atoms with E-state index >= 15 is 0 Å². The van der Waals surface area contributed by atoms with E-state index in [2.05, 4.69) is 12.1 Å². The first-order valence-electron chi connectivity index (χ1n) is 10.1. The van der Waals surface area contributed by atoms with Gasteiger partial charge in [0, 0.05) is 35.9 Å². The second-order valence-electron chi connectivity index (χ2n) is 8.11. The highest BCUT2D eigenvalue weighted by molar-refractivity contribution is 6.12. The summed E-state index contributed by atoms with van der Waals surface area (Å²) in [7, 11) is 0. The lowest BCUT2D eigenvalue weighted by atomic mass is 9.75. The minimum Gasteiger partial charge on any atom is -0.493 e. The number of fused-ring (bicyclic) bond motifs is 5. The molecule has 29 heavy (non-hydrogen) atoms. The number of rotatable bonds is 2. The first-order valence-corrected chi connectivity index (χ1v) is 10.1. The Morgan fingerprint density at radius 2 is 2.14 bits per heavy atom. The van der Waals surface area contributed by atoms with E-state index in [0.29, 0.717) is 24.5 Å². The third-order valence-electron chi connectivity index (χ3n) is 6.60. The second-order valence-corrected chi connectivity index (χ2v) is 8.11. The van der Waals surface area contributed by atoms with E-state index in [-0.39, 0.29) is 18.6 Å². The highest BCUT2D eigenvalue weighted by Crippen LogP contribution is 2.55. The molecule has 0 N–H and O–H groups in total. The highest BCUT2D eigenvalue weighted by atomic mass is 16.5. The molecule has 6 heteroatoms. The quantitative estimate of drug-likeness (QED) is 0.791. The third-order valence-corrected chi connectivity index (χ3v) is 6.60. The van der Waals surface area contributed by atoms with Gasteiger partial charge in [-0.1, -0.05) is 6.07 Å². The molecule has 1 amide bonds. The molecule has 0 aliphatic carbocycles.